The minimum Gasteiger partial charge on any atom is -0.381 e. The standard InChI is InChI=1S/C51H95N3O3/c1-3-5-7-9-11-13-15-17-19-21-23-25-27-29-31-33-35-37-42-56-46-48-44-54(51(55)50(53)40-39-41-52)45-49(48)47-57-43-38-36-34-32-30-28-26-24-22-20-18-16-14-12-10-8-6-4-2/h11-14,17-20,48-50H,3-10,15-16,21-47,52-53H2,1-2H3/b13-11-,14-12-,19-17-,20-18-/t48-,49?,50-/m0/s1. The van der Waals surface area contributed by atoms with Gasteiger partial charge >= 0.3 is 0 Å². The molecule has 57 heavy (non-hydrogen) atoms. The molecule has 1 aliphatic rings. The number of amides is 1. The number of hydrogen-bond acceptors (Lipinski definition) is 5. The smallest absolute Gasteiger partial charge is 0.239 e. The molecule has 0 spiro atoms. The van der Waals surface area contributed by atoms with E-state index in [1.54, 1.807) is 0 Å². The second-order valence-electron chi connectivity index (χ2n) is 17.0. The molecule has 1 amide bonds. The number of carbonyl (C=O) groups is 1. The first-order valence-corrected chi connectivity index (χ1v) is 24.6. The van der Waals surface area contributed by atoms with E-state index in [9.17, 15) is 4.79 Å². The Labute approximate surface area is 354 Å². The minimum atomic E-state index is -0.460. The number of likely N-dealkylation sites (tertiary alicyclic amines) is 1. The molecule has 1 unspecified atom stereocenters. The predicted octanol–water partition coefficient (Wildman–Crippen LogP) is 13.3. The van der Waals surface area contributed by atoms with Gasteiger partial charge in [-0.3, -0.25) is 4.79 Å². The van der Waals surface area contributed by atoms with Gasteiger partial charge in [0.05, 0.1) is 19.3 Å². The predicted molar refractivity (Wildman–Crippen MR) is 249 cm³/mol. The molecule has 3 atom stereocenters. The molecule has 0 saturated carbocycles. The number of hydrogen-bond donors (Lipinski definition) is 2. The lowest BCUT2D eigenvalue weighted by molar-refractivity contribution is -0.132. The summed E-state index contributed by atoms with van der Waals surface area (Å²) in [6.45, 7) is 9.56. The van der Waals surface area contributed by atoms with Crippen molar-refractivity contribution in [2.75, 3.05) is 46.1 Å². The van der Waals surface area contributed by atoms with Crippen LogP contribution < -0.4 is 11.5 Å². The molecule has 1 aliphatic heterocycles. The van der Waals surface area contributed by atoms with Crippen LogP contribution in [0.2, 0.25) is 0 Å². The molecule has 0 aromatic rings. The highest BCUT2D eigenvalue weighted by molar-refractivity contribution is 5.81. The third kappa shape index (κ3) is 33.8. The van der Waals surface area contributed by atoms with Crippen LogP contribution in [0.5, 0.6) is 0 Å². The Kier molecular flexibility index (Phi) is 39.6. The average Bonchev–Trinajstić information content (AvgIpc) is 3.63. The third-order valence-electron chi connectivity index (χ3n) is 11.6. The van der Waals surface area contributed by atoms with E-state index >= 15 is 0 Å². The van der Waals surface area contributed by atoms with Crippen LogP contribution in [-0.4, -0.2) is 62.9 Å². The fraction of sp³-hybridized carbons (Fsp3) is 0.824. The number of allylic oxidation sites excluding steroid dienone is 8. The van der Waals surface area contributed by atoms with E-state index in [1.165, 1.54) is 154 Å². The summed E-state index contributed by atoms with van der Waals surface area (Å²) in [5.41, 5.74) is 11.9. The van der Waals surface area contributed by atoms with Crippen LogP contribution >= 0.6 is 0 Å². The van der Waals surface area contributed by atoms with E-state index < -0.39 is 6.04 Å². The summed E-state index contributed by atoms with van der Waals surface area (Å²) in [7, 11) is 0. The molecular weight excluding hydrogens is 703 g/mol. The van der Waals surface area contributed by atoms with Crippen LogP contribution in [-0.2, 0) is 14.3 Å². The van der Waals surface area contributed by atoms with E-state index in [-0.39, 0.29) is 5.91 Å². The van der Waals surface area contributed by atoms with Crippen LogP contribution in [0.1, 0.15) is 206 Å². The highest BCUT2D eigenvalue weighted by atomic mass is 16.5. The molecule has 0 aliphatic carbocycles. The lowest BCUT2D eigenvalue weighted by Gasteiger charge is -2.21. The van der Waals surface area contributed by atoms with Crippen molar-refractivity contribution in [1.82, 2.24) is 4.90 Å². The molecule has 0 bridgehead atoms. The maximum atomic E-state index is 13.1. The number of carbonyl (C=O) groups excluding carboxylic acids is 1. The average molecular weight is 798 g/mol. The molecule has 1 saturated heterocycles. The van der Waals surface area contributed by atoms with Crippen molar-refractivity contribution in [2.24, 2.45) is 23.3 Å². The second kappa shape index (κ2) is 42.4. The number of nitrogens with two attached hydrogens (primary N) is 2. The first kappa shape index (κ1) is 53.3. The highest BCUT2D eigenvalue weighted by Crippen LogP contribution is 2.26. The first-order chi connectivity index (χ1) is 28.1. The van der Waals surface area contributed by atoms with Gasteiger partial charge in [-0.25, -0.2) is 0 Å². The van der Waals surface area contributed by atoms with Gasteiger partial charge in [-0.1, -0.05) is 165 Å². The van der Waals surface area contributed by atoms with Crippen molar-refractivity contribution >= 4 is 5.91 Å². The number of ether oxygens (including phenoxy) is 2. The van der Waals surface area contributed by atoms with E-state index in [4.69, 9.17) is 20.9 Å². The van der Waals surface area contributed by atoms with Crippen LogP contribution in [0.15, 0.2) is 48.6 Å². The zero-order valence-corrected chi connectivity index (χ0v) is 37.8. The summed E-state index contributed by atoms with van der Waals surface area (Å²) in [4.78, 5) is 15.1. The zero-order chi connectivity index (χ0) is 41.1. The monoisotopic (exact) mass is 798 g/mol. The Morgan fingerprint density at radius 1 is 0.526 bits per heavy atom. The Hall–Kier alpha value is -1.73. The maximum Gasteiger partial charge on any atom is 0.239 e. The van der Waals surface area contributed by atoms with Crippen molar-refractivity contribution in [2.45, 2.75) is 213 Å². The molecule has 6 heteroatoms. The van der Waals surface area contributed by atoms with Crippen molar-refractivity contribution in [3.8, 4) is 0 Å². The molecule has 0 aromatic heterocycles. The van der Waals surface area contributed by atoms with Crippen molar-refractivity contribution in [3.05, 3.63) is 48.6 Å². The maximum absolute atomic E-state index is 13.1. The van der Waals surface area contributed by atoms with Gasteiger partial charge in [-0.05, 0) is 96.4 Å². The molecule has 0 aromatic carbocycles. The normalized spacial score (nSPS) is 16.8. The van der Waals surface area contributed by atoms with E-state index in [0.29, 0.717) is 38.0 Å². The van der Waals surface area contributed by atoms with Gasteiger partial charge in [-0.2, -0.15) is 0 Å². The van der Waals surface area contributed by atoms with Gasteiger partial charge < -0.3 is 25.8 Å². The van der Waals surface area contributed by atoms with Crippen LogP contribution in [0, 0.1) is 11.8 Å². The zero-order valence-electron chi connectivity index (χ0n) is 37.8. The molecule has 332 valence electrons. The van der Waals surface area contributed by atoms with Crippen molar-refractivity contribution < 1.29 is 14.3 Å². The van der Waals surface area contributed by atoms with Gasteiger partial charge in [0.15, 0.2) is 0 Å². The molecule has 0 radical (unpaired) electrons. The Bertz CT molecular complexity index is 915. The summed E-state index contributed by atoms with van der Waals surface area (Å²) < 4.78 is 12.4. The molecule has 1 rings (SSSR count). The Morgan fingerprint density at radius 3 is 1.25 bits per heavy atom. The van der Waals surface area contributed by atoms with Gasteiger partial charge in [0.1, 0.15) is 0 Å². The lowest BCUT2D eigenvalue weighted by atomic mass is 9.98. The summed E-state index contributed by atoms with van der Waals surface area (Å²) in [6, 6.07) is -0.460. The number of rotatable bonds is 42. The number of unbranched alkanes of at least 4 members (excludes halogenated alkanes) is 22. The lowest BCUT2D eigenvalue weighted by Crippen LogP contribution is -2.43. The van der Waals surface area contributed by atoms with Crippen molar-refractivity contribution in [3.63, 3.8) is 0 Å². The van der Waals surface area contributed by atoms with Gasteiger partial charge in [0.2, 0.25) is 5.91 Å². The summed E-state index contributed by atoms with van der Waals surface area (Å²) in [5.74, 6) is 0.682. The SMILES string of the molecule is CCCCC/C=C\C/C=C\CCCCCCCCCCOCC1CN(C(=O)[C@@H](N)CCCN)C[C@H]1COCCCCCCCCCC/C=C\C/C=C\CCCCC. The quantitative estimate of drug-likeness (QED) is 0.0474. The van der Waals surface area contributed by atoms with Crippen molar-refractivity contribution in [1.29, 1.82) is 0 Å². The van der Waals surface area contributed by atoms with Gasteiger partial charge in [-0.15, -0.1) is 0 Å². The second-order valence-corrected chi connectivity index (χ2v) is 17.0. The third-order valence-corrected chi connectivity index (χ3v) is 11.6. The molecule has 6 nitrogen and oxygen atoms in total. The first-order valence-electron chi connectivity index (χ1n) is 24.6. The van der Waals surface area contributed by atoms with Crippen LogP contribution in [0.4, 0.5) is 0 Å². The fourth-order valence-electron chi connectivity index (χ4n) is 7.75. The van der Waals surface area contributed by atoms with E-state index in [2.05, 4.69) is 62.5 Å². The summed E-state index contributed by atoms with van der Waals surface area (Å²) in [6.07, 6.45) is 55.9. The summed E-state index contributed by atoms with van der Waals surface area (Å²) in [5, 5.41) is 0. The highest BCUT2D eigenvalue weighted by Gasteiger charge is 2.36. The summed E-state index contributed by atoms with van der Waals surface area (Å²) >= 11 is 0. The van der Waals surface area contributed by atoms with Gasteiger partial charge in [0.25, 0.3) is 0 Å². The van der Waals surface area contributed by atoms with E-state index in [0.717, 1.165) is 58.4 Å². The molecule has 1 fully saturated rings. The van der Waals surface area contributed by atoms with Crippen LogP contribution in [0.3, 0.4) is 0 Å². The molecule has 1 heterocycles. The van der Waals surface area contributed by atoms with Gasteiger partial charge in [0, 0.05) is 38.1 Å². The number of nitrogens with zero attached hydrogens (tertiary/aromatic N) is 1. The fourth-order valence-corrected chi connectivity index (χ4v) is 7.75. The minimum absolute atomic E-state index is 0.0609. The Morgan fingerprint density at radius 2 is 0.877 bits per heavy atom. The molecule has 4 N–H and O–H groups in total. The topological polar surface area (TPSA) is 90.8 Å². The molecular formula is C51H95N3O3. The van der Waals surface area contributed by atoms with Crippen LogP contribution in [0.25, 0.3) is 0 Å². The van der Waals surface area contributed by atoms with E-state index in [1.807, 2.05) is 4.90 Å². The largest absolute Gasteiger partial charge is 0.381 e. The Balaban J connectivity index is 2.14.